The van der Waals surface area contributed by atoms with Crippen molar-refractivity contribution < 1.29 is 14.3 Å². The molecule has 1 heterocycles. The molecule has 0 radical (unpaired) electrons. The molecule has 5 nitrogen and oxygen atoms in total. The predicted molar refractivity (Wildman–Crippen MR) is 105 cm³/mol. The number of pyridine rings is 1. The average Bonchev–Trinajstić information content (AvgIpc) is 3.56. The molecule has 4 rings (SSSR count). The summed E-state index contributed by atoms with van der Waals surface area (Å²) in [6.45, 7) is 0.830. The molecule has 0 spiro atoms. The Bertz CT molecular complexity index is 949. The van der Waals surface area contributed by atoms with Crippen LogP contribution in [-0.2, 0) is 0 Å². The number of aromatic nitrogens is 1. The predicted octanol–water partition coefficient (Wildman–Crippen LogP) is 3.93. The van der Waals surface area contributed by atoms with E-state index in [1.807, 2.05) is 54.6 Å². The summed E-state index contributed by atoms with van der Waals surface area (Å²) < 4.78 is 10.8. The lowest BCUT2D eigenvalue weighted by molar-refractivity contribution is 0.0948. The smallest absolute Gasteiger partial charge is 0.252 e. The second-order valence-electron chi connectivity index (χ2n) is 6.67. The lowest BCUT2D eigenvalue weighted by atomic mass is 10.1. The first-order valence-corrected chi connectivity index (χ1v) is 9.19. The van der Waals surface area contributed by atoms with Gasteiger partial charge < -0.3 is 14.8 Å². The van der Waals surface area contributed by atoms with Crippen molar-refractivity contribution >= 4 is 16.8 Å². The van der Waals surface area contributed by atoms with E-state index in [-0.39, 0.29) is 5.91 Å². The molecule has 0 atom stereocenters. The molecule has 2 aromatic carbocycles. The number of nitrogens with one attached hydrogen (secondary N) is 1. The van der Waals surface area contributed by atoms with Crippen LogP contribution in [0.2, 0.25) is 0 Å². The van der Waals surface area contributed by atoms with Gasteiger partial charge in [0.05, 0.1) is 24.7 Å². The number of amides is 1. The van der Waals surface area contributed by atoms with Crippen LogP contribution in [0.15, 0.2) is 54.6 Å². The van der Waals surface area contributed by atoms with E-state index in [4.69, 9.17) is 14.5 Å². The van der Waals surface area contributed by atoms with Crippen molar-refractivity contribution in [1.29, 1.82) is 0 Å². The molecule has 1 aromatic heterocycles. The van der Waals surface area contributed by atoms with Crippen LogP contribution in [0.1, 0.15) is 34.8 Å². The monoisotopic (exact) mass is 362 g/mol. The van der Waals surface area contributed by atoms with Gasteiger partial charge in [0.15, 0.2) is 0 Å². The highest BCUT2D eigenvalue weighted by Gasteiger charge is 2.26. The highest BCUT2D eigenvalue weighted by Crippen LogP contribution is 2.40. The summed E-state index contributed by atoms with van der Waals surface area (Å²) in [5, 5.41) is 3.84. The molecule has 0 bridgehead atoms. The van der Waals surface area contributed by atoms with Gasteiger partial charge in [0, 0.05) is 17.0 Å². The lowest BCUT2D eigenvalue weighted by Crippen LogP contribution is -2.28. The Morgan fingerprint density at radius 1 is 1.11 bits per heavy atom. The Kier molecular flexibility index (Phi) is 4.92. The van der Waals surface area contributed by atoms with Crippen molar-refractivity contribution in [3.05, 3.63) is 65.9 Å². The maximum atomic E-state index is 12.7. The largest absolute Gasteiger partial charge is 0.497 e. The molecule has 0 aliphatic heterocycles. The highest BCUT2D eigenvalue weighted by atomic mass is 16.5. The van der Waals surface area contributed by atoms with E-state index in [1.54, 1.807) is 7.11 Å². The number of carbonyl (C=O) groups is 1. The average molecular weight is 362 g/mol. The van der Waals surface area contributed by atoms with Gasteiger partial charge in [0.2, 0.25) is 0 Å². The fourth-order valence-electron chi connectivity index (χ4n) is 3.07. The van der Waals surface area contributed by atoms with Crippen molar-refractivity contribution in [2.45, 2.75) is 18.8 Å². The van der Waals surface area contributed by atoms with Gasteiger partial charge in [0.1, 0.15) is 18.1 Å². The zero-order chi connectivity index (χ0) is 18.6. The number of benzene rings is 2. The Labute approximate surface area is 158 Å². The first kappa shape index (κ1) is 17.3. The third kappa shape index (κ3) is 4.03. The van der Waals surface area contributed by atoms with Crippen molar-refractivity contribution in [2.75, 3.05) is 20.3 Å². The number of hydrogen-bond acceptors (Lipinski definition) is 4. The van der Waals surface area contributed by atoms with Crippen molar-refractivity contribution in [1.82, 2.24) is 10.3 Å². The van der Waals surface area contributed by atoms with E-state index < -0.39 is 0 Å². The van der Waals surface area contributed by atoms with Gasteiger partial charge >= 0.3 is 0 Å². The molecule has 1 N–H and O–H groups in total. The molecule has 3 aromatic rings. The fourth-order valence-corrected chi connectivity index (χ4v) is 3.07. The first-order chi connectivity index (χ1) is 13.2. The zero-order valence-corrected chi connectivity index (χ0v) is 15.3. The topological polar surface area (TPSA) is 60.5 Å². The van der Waals surface area contributed by atoms with Gasteiger partial charge in [-0.25, -0.2) is 0 Å². The van der Waals surface area contributed by atoms with Crippen LogP contribution in [-0.4, -0.2) is 31.2 Å². The summed E-state index contributed by atoms with van der Waals surface area (Å²) in [5.74, 6) is 1.94. The Morgan fingerprint density at radius 2 is 1.85 bits per heavy atom. The third-order valence-corrected chi connectivity index (χ3v) is 4.69. The van der Waals surface area contributed by atoms with Crippen LogP contribution in [0, 0.1) is 0 Å². The maximum Gasteiger partial charge on any atom is 0.252 e. The molecule has 1 fully saturated rings. The van der Waals surface area contributed by atoms with E-state index in [2.05, 4.69) is 5.32 Å². The van der Waals surface area contributed by atoms with Crippen molar-refractivity contribution in [3.63, 3.8) is 0 Å². The van der Waals surface area contributed by atoms with Crippen LogP contribution >= 0.6 is 0 Å². The summed E-state index contributed by atoms with van der Waals surface area (Å²) in [4.78, 5) is 17.5. The van der Waals surface area contributed by atoms with Gasteiger partial charge in [0.25, 0.3) is 5.91 Å². The summed E-state index contributed by atoms with van der Waals surface area (Å²) in [5.41, 5.74) is 2.59. The minimum atomic E-state index is -0.0890. The number of para-hydroxylation sites is 1. The minimum Gasteiger partial charge on any atom is -0.497 e. The standard InChI is InChI=1S/C22H22N2O3/c1-26-16-8-10-17(11-9-16)27-13-12-23-22(25)19-14-21(15-6-7-15)24-20-5-3-2-4-18(19)20/h2-5,8-11,14-15H,6-7,12-13H2,1H3,(H,23,25). The molecule has 0 saturated heterocycles. The van der Waals surface area contributed by atoms with Crippen molar-refractivity contribution in [2.24, 2.45) is 0 Å². The van der Waals surface area contributed by atoms with Gasteiger partial charge in [-0.2, -0.15) is 0 Å². The summed E-state index contributed by atoms with van der Waals surface area (Å²) >= 11 is 0. The molecule has 0 unspecified atom stereocenters. The van der Waals surface area contributed by atoms with Gasteiger partial charge in [-0.05, 0) is 49.2 Å². The summed E-state index contributed by atoms with van der Waals surface area (Å²) in [6.07, 6.45) is 2.31. The van der Waals surface area contributed by atoms with Crippen LogP contribution in [0.3, 0.4) is 0 Å². The first-order valence-electron chi connectivity index (χ1n) is 9.19. The van der Waals surface area contributed by atoms with Gasteiger partial charge in [-0.15, -0.1) is 0 Å². The number of fused-ring (bicyclic) bond motifs is 1. The molecular formula is C22H22N2O3. The SMILES string of the molecule is COc1ccc(OCCNC(=O)c2cc(C3CC3)nc3ccccc23)cc1. The Morgan fingerprint density at radius 3 is 2.59 bits per heavy atom. The second-order valence-corrected chi connectivity index (χ2v) is 6.67. The van der Waals surface area contributed by atoms with E-state index in [9.17, 15) is 4.79 Å². The molecule has 5 heteroatoms. The minimum absolute atomic E-state index is 0.0890. The van der Waals surface area contributed by atoms with Crippen LogP contribution < -0.4 is 14.8 Å². The van der Waals surface area contributed by atoms with E-state index in [1.165, 1.54) is 0 Å². The third-order valence-electron chi connectivity index (χ3n) is 4.69. The number of hydrogen-bond donors (Lipinski definition) is 1. The molecule has 1 aliphatic rings. The van der Waals surface area contributed by atoms with Gasteiger partial charge in [-0.1, -0.05) is 18.2 Å². The molecular weight excluding hydrogens is 340 g/mol. The van der Waals surface area contributed by atoms with Gasteiger partial charge in [-0.3, -0.25) is 9.78 Å². The number of methoxy groups -OCH3 is 1. The molecule has 1 aliphatic carbocycles. The highest BCUT2D eigenvalue weighted by molar-refractivity contribution is 6.06. The molecule has 1 amide bonds. The number of rotatable bonds is 7. The lowest BCUT2D eigenvalue weighted by Gasteiger charge is -2.11. The summed E-state index contributed by atoms with van der Waals surface area (Å²) in [6, 6.07) is 17.1. The van der Waals surface area contributed by atoms with E-state index in [0.717, 1.165) is 40.9 Å². The Balaban J connectivity index is 1.40. The van der Waals surface area contributed by atoms with E-state index in [0.29, 0.717) is 24.6 Å². The Hall–Kier alpha value is -3.08. The fraction of sp³-hybridized carbons (Fsp3) is 0.273. The number of carbonyl (C=O) groups excluding carboxylic acids is 1. The quantitative estimate of drug-likeness (QED) is 0.647. The summed E-state index contributed by atoms with van der Waals surface area (Å²) in [7, 11) is 1.63. The normalized spacial score (nSPS) is 13.4. The maximum absolute atomic E-state index is 12.7. The number of ether oxygens (including phenoxy) is 2. The zero-order valence-electron chi connectivity index (χ0n) is 15.3. The molecule has 138 valence electrons. The second kappa shape index (κ2) is 7.66. The van der Waals surface area contributed by atoms with Crippen LogP contribution in [0.25, 0.3) is 10.9 Å². The molecule has 1 saturated carbocycles. The van der Waals surface area contributed by atoms with Crippen LogP contribution in [0.5, 0.6) is 11.5 Å². The number of nitrogens with zero attached hydrogens (tertiary/aromatic N) is 1. The molecule has 27 heavy (non-hydrogen) atoms. The van der Waals surface area contributed by atoms with Crippen molar-refractivity contribution in [3.8, 4) is 11.5 Å². The van der Waals surface area contributed by atoms with Crippen LogP contribution in [0.4, 0.5) is 0 Å². The van der Waals surface area contributed by atoms with E-state index >= 15 is 0 Å².